The molecule has 1 aromatic heterocycles. The fourth-order valence-electron chi connectivity index (χ4n) is 1.48. The lowest BCUT2D eigenvalue weighted by Gasteiger charge is -2.22. The van der Waals surface area contributed by atoms with Crippen molar-refractivity contribution in [1.29, 1.82) is 0 Å². The summed E-state index contributed by atoms with van der Waals surface area (Å²) in [5.74, 6) is -1.31. The van der Waals surface area contributed by atoms with E-state index < -0.39 is 21.0 Å². The van der Waals surface area contributed by atoms with E-state index in [1.165, 1.54) is 14.0 Å². The fourth-order valence-corrected chi connectivity index (χ4v) is 3.03. The monoisotopic (exact) mass is 275 g/mol. The number of H-pyrrole nitrogens is 1. The Labute approximate surface area is 106 Å². The molecule has 0 spiro atoms. The van der Waals surface area contributed by atoms with Crippen LogP contribution in [0.1, 0.15) is 36.3 Å². The predicted molar refractivity (Wildman–Crippen MR) is 65.0 cm³/mol. The maximum Gasteiger partial charge on any atom is 0.340 e. The zero-order valence-corrected chi connectivity index (χ0v) is 11.6. The minimum absolute atomic E-state index is 0.221. The molecule has 0 saturated carbocycles. The maximum absolute atomic E-state index is 12.3. The minimum atomic E-state index is -3.90. The van der Waals surface area contributed by atoms with Crippen molar-refractivity contribution in [2.75, 3.05) is 7.05 Å². The molecule has 0 radical (unpaired) electrons. The van der Waals surface area contributed by atoms with Gasteiger partial charge in [0.05, 0.1) is 0 Å². The van der Waals surface area contributed by atoms with Crippen molar-refractivity contribution >= 4 is 16.0 Å². The number of nitrogens with zero attached hydrogens (tertiary/aromatic N) is 2. The second kappa shape index (κ2) is 5.07. The van der Waals surface area contributed by atoms with E-state index in [2.05, 4.69) is 10.2 Å². The second-order valence-corrected chi connectivity index (χ2v) is 6.03. The summed E-state index contributed by atoms with van der Waals surface area (Å²) in [6.07, 6.45) is 0.627. The number of carboxylic acid groups (broad SMARTS) is 1. The van der Waals surface area contributed by atoms with E-state index in [0.29, 0.717) is 6.42 Å². The molecule has 0 fully saturated rings. The Morgan fingerprint density at radius 2 is 2.11 bits per heavy atom. The molecule has 0 aliphatic carbocycles. The molecule has 8 heteroatoms. The first-order valence-corrected chi connectivity index (χ1v) is 6.93. The number of hydrogen-bond donors (Lipinski definition) is 2. The summed E-state index contributed by atoms with van der Waals surface area (Å²) >= 11 is 0. The van der Waals surface area contributed by atoms with E-state index in [9.17, 15) is 13.2 Å². The molecule has 0 amide bonds. The zero-order chi connectivity index (χ0) is 14.1. The van der Waals surface area contributed by atoms with Crippen molar-refractivity contribution in [3.8, 4) is 0 Å². The number of aromatic carboxylic acids is 1. The summed E-state index contributed by atoms with van der Waals surface area (Å²) in [5.41, 5.74) is -0.0798. The van der Waals surface area contributed by atoms with E-state index >= 15 is 0 Å². The molecular formula is C10H17N3O4S. The van der Waals surface area contributed by atoms with Crippen LogP contribution in [0.5, 0.6) is 0 Å². The molecule has 1 atom stereocenters. The molecule has 0 saturated heterocycles. The van der Waals surface area contributed by atoms with Gasteiger partial charge in [0.25, 0.3) is 10.0 Å². The van der Waals surface area contributed by atoms with Gasteiger partial charge < -0.3 is 5.11 Å². The molecule has 7 nitrogen and oxygen atoms in total. The molecule has 1 rings (SSSR count). The molecule has 1 heterocycles. The van der Waals surface area contributed by atoms with Crippen molar-refractivity contribution in [3.63, 3.8) is 0 Å². The number of sulfonamides is 1. The average molecular weight is 275 g/mol. The summed E-state index contributed by atoms with van der Waals surface area (Å²) in [6, 6.07) is -0.228. The van der Waals surface area contributed by atoms with Crippen LogP contribution >= 0.6 is 0 Å². The van der Waals surface area contributed by atoms with Gasteiger partial charge in [0.2, 0.25) is 5.03 Å². The molecule has 2 N–H and O–H groups in total. The van der Waals surface area contributed by atoms with Crippen molar-refractivity contribution in [2.24, 2.45) is 0 Å². The fraction of sp³-hybridized carbons (Fsp3) is 0.600. The molecular weight excluding hydrogens is 258 g/mol. The number of aromatic amines is 1. The van der Waals surface area contributed by atoms with Crippen molar-refractivity contribution in [3.05, 3.63) is 11.3 Å². The summed E-state index contributed by atoms with van der Waals surface area (Å²) < 4.78 is 25.6. The van der Waals surface area contributed by atoms with E-state index in [0.717, 1.165) is 4.31 Å². The summed E-state index contributed by atoms with van der Waals surface area (Å²) in [7, 11) is -2.48. The van der Waals surface area contributed by atoms with Crippen LogP contribution < -0.4 is 0 Å². The average Bonchev–Trinajstić information content (AvgIpc) is 2.69. The van der Waals surface area contributed by atoms with Crippen LogP contribution in [0.25, 0.3) is 0 Å². The van der Waals surface area contributed by atoms with Crippen LogP contribution in [0.2, 0.25) is 0 Å². The lowest BCUT2D eigenvalue weighted by atomic mass is 10.3. The second-order valence-electron chi connectivity index (χ2n) is 4.11. The van der Waals surface area contributed by atoms with E-state index in [-0.39, 0.29) is 17.3 Å². The lowest BCUT2D eigenvalue weighted by molar-refractivity contribution is 0.0691. The van der Waals surface area contributed by atoms with E-state index in [1.807, 2.05) is 6.92 Å². The van der Waals surface area contributed by atoms with Crippen LogP contribution in [0.3, 0.4) is 0 Å². The molecule has 0 bridgehead atoms. The Morgan fingerprint density at radius 1 is 1.56 bits per heavy atom. The smallest absolute Gasteiger partial charge is 0.340 e. The molecule has 0 aliphatic rings. The third kappa shape index (κ3) is 2.39. The van der Waals surface area contributed by atoms with Gasteiger partial charge in [-0.15, -0.1) is 0 Å². The normalized spacial score (nSPS) is 13.8. The Balaban J connectivity index is 3.34. The van der Waals surface area contributed by atoms with Gasteiger partial charge >= 0.3 is 5.97 Å². The van der Waals surface area contributed by atoms with Crippen LogP contribution in [0.15, 0.2) is 5.03 Å². The number of rotatable bonds is 5. The van der Waals surface area contributed by atoms with Gasteiger partial charge in [-0.05, 0) is 20.3 Å². The van der Waals surface area contributed by atoms with Gasteiger partial charge in [0, 0.05) is 18.8 Å². The lowest BCUT2D eigenvalue weighted by Crippen LogP contribution is -2.35. The van der Waals surface area contributed by atoms with Crippen molar-refractivity contribution in [2.45, 2.75) is 38.3 Å². The summed E-state index contributed by atoms with van der Waals surface area (Å²) in [4.78, 5) is 11.1. The van der Waals surface area contributed by atoms with Crippen LogP contribution in [0.4, 0.5) is 0 Å². The molecule has 18 heavy (non-hydrogen) atoms. The maximum atomic E-state index is 12.3. The number of carbonyl (C=O) groups is 1. The topological polar surface area (TPSA) is 103 Å². The minimum Gasteiger partial charge on any atom is -0.478 e. The molecule has 0 aromatic carbocycles. The predicted octanol–water partition coefficient (Wildman–Crippen LogP) is 0.835. The molecule has 1 aromatic rings. The summed E-state index contributed by atoms with van der Waals surface area (Å²) in [5, 5.41) is 14.6. The van der Waals surface area contributed by atoms with Gasteiger partial charge in [0.1, 0.15) is 5.56 Å². The highest BCUT2D eigenvalue weighted by Crippen LogP contribution is 2.21. The molecule has 1 unspecified atom stereocenters. The third-order valence-electron chi connectivity index (χ3n) is 2.96. The van der Waals surface area contributed by atoms with Crippen LogP contribution in [-0.2, 0) is 10.0 Å². The van der Waals surface area contributed by atoms with Gasteiger partial charge in [-0.3, -0.25) is 5.10 Å². The first-order valence-electron chi connectivity index (χ1n) is 5.49. The first-order chi connectivity index (χ1) is 8.23. The number of carboxylic acids is 1. The molecule has 102 valence electrons. The first kappa shape index (κ1) is 14.7. The highest BCUT2D eigenvalue weighted by molar-refractivity contribution is 7.89. The van der Waals surface area contributed by atoms with Gasteiger partial charge in [-0.1, -0.05) is 6.92 Å². The van der Waals surface area contributed by atoms with Gasteiger partial charge in [-0.2, -0.15) is 9.40 Å². The van der Waals surface area contributed by atoms with Gasteiger partial charge in [0.15, 0.2) is 0 Å². The summed E-state index contributed by atoms with van der Waals surface area (Å²) in [6.45, 7) is 5.07. The highest BCUT2D eigenvalue weighted by Gasteiger charge is 2.33. The Bertz CT molecular complexity index is 549. The quantitative estimate of drug-likeness (QED) is 0.828. The van der Waals surface area contributed by atoms with E-state index in [4.69, 9.17) is 5.11 Å². The van der Waals surface area contributed by atoms with Crippen LogP contribution in [-0.4, -0.2) is 47.1 Å². The Kier molecular flexibility index (Phi) is 4.12. The molecule has 0 aliphatic heterocycles. The van der Waals surface area contributed by atoms with Gasteiger partial charge in [-0.25, -0.2) is 13.2 Å². The number of aromatic nitrogens is 2. The largest absolute Gasteiger partial charge is 0.478 e. The highest BCUT2D eigenvalue weighted by atomic mass is 32.2. The van der Waals surface area contributed by atoms with E-state index in [1.54, 1.807) is 6.92 Å². The number of hydrogen-bond acceptors (Lipinski definition) is 4. The number of aryl methyl sites for hydroxylation is 1. The Hall–Kier alpha value is -1.41. The number of nitrogens with one attached hydrogen (secondary N) is 1. The van der Waals surface area contributed by atoms with Crippen molar-refractivity contribution < 1.29 is 18.3 Å². The Morgan fingerprint density at radius 3 is 2.56 bits per heavy atom. The van der Waals surface area contributed by atoms with Crippen molar-refractivity contribution in [1.82, 2.24) is 14.5 Å². The third-order valence-corrected chi connectivity index (χ3v) is 4.87. The van der Waals surface area contributed by atoms with Crippen LogP contribution in [0, 0.1) is 6.92 Å². The SMILES string of the molecule is CCC(C)N(C)S(=O)(=O)c1n[nH]c(C)c1C(=O)O. The zero-order valence-electron chi connectivity index (χ0n) is 10.8. The standard InChI is InChI=1S/C10H17N3O4S/c1-5-6(2)13(4)18(16,17)9-8(10(14)15)7(3)11-12-9/h6H,5H2,1-4H3,(H,11,12)(H,14,15).